The second kappa shape index (κ2) is 10.1. The number of amides is 1. The lowest BCUT2D eigenvalue weighted by Crippen LogP contribution is -2.48. The van der Waals surface area contributed by atoms with Gasteiger partial charge in [0.05, 0.1) is 5.92 Å². The maximum Gasteiger partial charge on any atom is 0.224 e. The Bertz CT molecular complexity index is 542. The van der Waals surface area contributed by atoms with Crippen molar-refractivity contribution >= 4 is 5.91 Å². The molecule has 4 nitrogen and oxygen atoms in total. The van der Waals surface area contributed by atoms with Gasteiger partial charge in [-0.2, -0.15) is 0 Å². The van der Waals surface area contributed by atoms with Crippen molar-refractivity contribution < 1.29 is 4.79 Å². The second-order valence-corrected chi connectivity index (χ2v) is 8.13. The molecule has 0 spiro atoms. The number of benzene rings is 1. The third-order valence-corrected chi connectivity index (χ3v) is 5.78. The molecule has 0 saturated carbocycles. The first-order chi connectivity index (χ1) is 12.7. The Kier molecular flexibility index (Phi) is 7.51. The molecule has 3 rings (SSSR count). The number of rotatable bonds is 8. The van der Waals surface area contributed by atoms with Crippen molar-refractivity contribution in [3.8, 4) is 0 Å². The molecule has 2 heterocycles. The highest BCUT2D eigenvalue weighted by Gasteiger charge is 2.32. The van der Waals surface area contributed by atoms with Gasteiger partial charge in [-0.3, -0.25) is 9.69 Å². The number of nitrogens with zero attached hydrogens (tertiary/aromatic N) is 2. The van der Waals surface area contributed by atoms with E-state index in [1.807, 2.05) is 0 Å². The zero-order valence-electron chi connectivity index (χ0n) is 16.3. The van der Waals surface area contributed by atoms with Crippen molar-refractivity contribution in [2.45, 2.75) is 45.6 Å². The van der Waals surface area contributed by atoms with E-state index in [1.54, 1.807) is 0 Å². The zero-order chi connectivity index (χ0) is 18.2. The van der Waals surface area contributed by atoms with E-state index in [1.165, 1.54) is 31.5 Å². The smallest absolute Gasteiger partial charge is 0.224 e. The molecule has 2 fully saturated rings. The second-order valence-electron chi connectivity index (χ2n) is 8.13. The Labute approximate surface area is 158 Å². The Morgan fingerprint density at radius 2 is 1.88 bits per heavy atom. The average Bonchev–Trinajstić information content (AvgIpc) is 3.15. The minimum Gasteiger partial charge on any atom is -0.356 e. The molecule has 26 heavy (non-hydrogen) atoms. The fourth-order valence-electron chi connectivity index (χ4n) is 4.46. The number of hydrogen-bond donors (Lipinski definition) is 1. The van der Waals surface area contributed by atoms with Gasteiger partial charge in [0.25, 0.3) is 0 Å². The van der Waals surface area contributed by atoms with Gasteiger partial charge in [-0.25, -0.2) is 0 Å². The summed E-state index contributed by atoms with van der Waals surface area (Å²) in [6.07, 6.45) is 5.91. The van der Waals surface area contributed by atoms with Gasteiger partial charge in [0.1, 0.15) is 0 Å². The van der Waals surface area contributed by atoms with Crippen LogP contribution in [0.3, 0.4) is 0 Å². The molecule has 0 radical (unpaired) electrons. The van der Waals surface area contributed by atoms with Crippen LogP contribution in [0.2, 0.25) is 0 Å². The van der Waals surface area contributed by atoms with Crippen molar-refractivity contribution in [1.29, 1.82) is 0 Å². The third kappa shape index (κ3) is 5.82. The lowest BCUT2D eigenvalue weighted by molar-refractivity contribution is -0.127. The number of carbonyl (C=O) groups is 1. The molecule has 0 aliphatic carbocycles. The maximum atomic E-state index is 12.7. The van der Waals surface area contributed by atoms with Gasteiger partial charge >= 0.3 is 0 Å². The molecular formula is C22H35N3O. The molecule has 0 bridgehead atoms. The fourth-order valence-corrected chi connectivity index (χ4v) is 4.46. The summed E-state index contributed by atoms with van der Waals surface area (Å²) in [5.41, 5.74) is 1.35. The summed E-state index contributed by atoms with van der Waals surface area (Å²) in [5.74, 6) is 1.01. The first-order valence-corrected chi connectivity index (χ1v) is 10.5. The number of unbranched alkanes of at least 4 members (excludes halogenated alkanes) is 1. The highest BCUT2D eigenvalue weighted by Crippen LogP contribution is 2.25. The lowest BCUT2D eigenvalue weighted by Gasteiger charge is -2.38. The van der Waals surface area contributed by atoms with Gasteiger partial charge in [0, 0.05) is 32.7 Å². The van der Waals surface area contributed by atoms with Gasteiger partial charge in [-0.1, -0.05) is 43.7 Å². The van der Waals surface area contributed by atoms with Crippen molar-refractivity contribution in [2.24, 2.45) is 11.8 Å². The molecule has 0 aromatic heterocycles. The summed E-state index contributed by atoms with van der Waals surface area (Å²) in [6.45, 7) is 9.58. The van der Waals surface area contributed by atoms with Gasteiger partial charge in [-0.15, -0.1) is 0 Å². The van der Waals surface area contributed by atoms with Crippen LogP contribution in [0.4, 0.5) is 0 Å². The SMILES string of the molecule is CCCCNC(=O)[C@@H]1C[C@H](CN2CCCC2)CN(Cc2ccccc2)C1. The van der Waals surface area contributed by atoms with E-state index >= 15 is 0 Å². The highest BCUT2D eigenvalue weighted by atomic mass is 16.1. The number of hydrogen-bond acceptors (Lipinski definition) is 3. The van der Waals surface area contributed by atoms with Crippen LogP contribution in [0, 0.1) is 11.8 Å². The van der Waals surface area contributed by atoms with Crippen LogP contribution in [0.25, 0.3) is 0 Å². The predicted octanol–water partition coefficient (Wildman–Crippen LogP) is 3.14. The molecule has 1 N–H and O–H groups in total. The standard InChI is InChI=1S/C22H35N3O/c1-2-3-11-23-22(26)21-14-20(16-24-12-7-8-13-24)17-25(18-21)15-19-9-5-4-6-10-19/h4-6,9-10,20-21H,2-3,7-8,11-18H2,1H3,(H,23,26)/t20-,21-/m1/s1. The molecule has 144 valence electrons. The summed E-state index contributed by atoms with van der Waals surface area (Å²) in [4.78, 5) is 17.8. The van der Waals surface area contributed by atoms with Crippen molar-refractivity contribution in [3.05, 3.63) is 35.9 Å². The van der Waals surface area contributed by atoms with Gasteiger partial charge < -0.3 is 10.2 Å². The van der Waals surface area contributed by atoms with Crippen molar-refractivity contribution in [3.63, 3.8) is 0 Å². The molecule has 1 aromatic rings. The van der Waals surface area contributed by atoms with Crippen LogP contribution in [-0.4, -0.2) is 55.0 Å². The molecule has 2 aliphatic heterocycles. The normalized spacial score (nSPS) is 24.7. The molecule has 4 heteroatoms. The van der Waals surface area contributed by atoms with E-state index in [0.717, 1.165) is 52.0 Å². The lowest BCUT2D eigenvalue weighted by atomic mass is 9.87. The fraction of sp³-hybridized carbons (Fsp3) is 0.682. The van der Waals surface area contributed by atoms with Crippen LogP contribution >= 0.6 is 0 Å². The Balaban J connectivity index is 1.60. The van der Waals surface area contributed by atoms with Crippen LogP contribution in [-0.2, 0) is 11.3 Å². The van der Waals surface area contributed by atoms with E-state index in [0.29, 0.717) is 5.92 Å². The quantitative estimate of drug-likeness (QED) is 0.726. The average molecular weight is 358 g/mol. The van der Waals surface area contributed by atoms with Crippen molar-refractivity contribution in [2.75, 3.05) is 39.3 Å². The minimum atomic E-state index is 0.136. The first kappa shape index (κ1) is 19.4. The Morgan fingerprint density at radius 3 is 2.62 bits per heavy atom. The molecular weight excluding hydrogens is 322 g/mol. The summed E-state index contributed by atoms with van der Waals surface area (Å²) in [5, 5.41) is 3.17. The molecule has 1 amide bonds. The van der Waals surface area contributed by atoms with E-state index in [2.05, 4.69) is 52.4 Å². The maximum absolute atomic E-state index is 12.7. The largest absolute Gasteiger partial charge is 0.356 e. The van der Waals surface area contributed by atoms with E-state index < -0.39 is 0 Å². The van der Waals surface area contributed by atoms with Crippen LogP contribution in [0.1, 0.15) is 44.6 Å². The zero-order valence-corrected chi connectivity index (χ0v) is 16.3. The summed E-state index contributed by atoms with van der Waals surface area (Å²) >= 11 is 0. The van der Waals surface area contributed by atoms with Crippen LogP contribution in [0.15, 0.2) is 30.3 Å². The van der Waals surface area contributed by atoms with E-state index in [-0.39, 0.29) is 11.8 Å². The van der Waals surface area contributed by atoms with Gasteiger partial charge in [0.2, 0.25) is 5.91 Å². The summed E-state index contributed by atoms with van der Waals surface area (Å²) in [7, 11) is 0. The third-order valence-electron chi connectivity index (χ3n) is 5.78. The van der Waals surface area contributed by atoms with Gasteiger partial charge in [-0.05, 0) is 50.3 Å². The van der Waals surface area contributed by atoms with Gasteiger partial charge in [0.15, 0.2) is 0 Å². The summed E-state index contributed by atoms with van der Waals surface area (Å²) in [6, 6.07) is 10.7. The van der Waals surface area contributed by atoms with Crippen LogP contribution in [0.5, 0.6) is 0 Å². The van der Waals surface area contributed by atoms with E-state index in [9.17, 15) is 4.79 Å². The number of nitrogens with one attached hydrogen (secondary N) is 1. The number of carbonyl (C=O) groups excluding carboxylic acids is 1. The highest BCUT2D eigenvalue weighted by molar-refractivity contribution is 5.79. The predicted molar refractivity (Wildman–Crippen MR) is 107 cm³/mol. The molecule has 2 aliphatic rings. The van der Waals surface area contributed by atoms with Crippen molar-refractivity contribution in [1.82, 2.24) is 15.1 Å². The molecule has 2 saturated heterocycles. The Morgan fingerprint density at radius 1 is 1.12 bits per heavy atom. The molecule has 2 atom stereocenters. The number of likely N-dealkylation sites (tertiary alicyclic amines) is 2. The topological polar surface area (TPSA) is 35.6 Å². The molecule has 1 aromatic carbocycles. The monoisotopic (exact) mass is 357 g/mol. The Hall–Kier alpha value is -1.39. The minimum absolute atomic E-state index is 0.136. The number of piperidine rings is 1. The van der Waals surface area contributed by atoms with Crippen LogP contribution < -0.4 is 5.32 Å². The summed E-state index contributed by atoms with van der Waals surface area (Å²) < 4.78 is 0. The van der Waals surface area contributed by atoms with E-state index in [4.69, 9.17) is 0 Å². The molecule has 0 unspecified atom stereocenters. The first-order valence-electron chi connectivity index (χ1n) is 10.5.